The number of hydrogen-bond donors (Lipinski definition) is 2. The van der Waals surface area contributed by atoms with Gasteiger partial charge in [-0.1, -0.05) is 38.0 Å². The zero-order valence-electron chi connectivity index (χ0n) is 12.6. The number of nitrogens with one attached hydrogen (secondary N) is 1. The Hall–Kier alpha value is -1.65. The highest BCUT2D eigenvalue weighted by Crippen LogP contribution is 2.49. The predicted octanol–water partition coefficient (Wildman–Crippen LogP) is 3.35. The molecule has 1 heterocycles. The fourth-order valence-corrected chi connectivity index (χ4v) is 3.82. The van der Waals surface area contributed by atoms with Crippen LogP contribution in [0.4, 0.5) is 0 Å². The summed E-state index contributed by atoms with van der Waals surface area (Å²) in [6, 6.07) is 12.5. The lowest BCUT2D eigenvalue weighted by molar-refractivity contribution is 0.182. The number of hydrogen-bond acceptors (Lipinski definition) is 3. The van der Waals surface area contributed by atoms with Crippen molar-refractivity contribution in [3.8, 4) is 5.69 Å². The third-order valence-corrected chi connectivity index (χ3v) is 5.05. The van der Waals surface area contributed by atoms with Crippen LogP contribution in [0, 0.1) is 5.41 Å². The van der Waals surface area contributed by atoms with Gasteiger partial charge in [0.25, 0.3) is 0 Å². The van der Waals surface area contributed by atoms with Gasteiger partial charge in [0.05, 0.1) is 17.4 Å². The number of rotatable bonds is 5. The lowest BCUT2D eigenvalue weighted by atomic mass is 9.75. The standard InChI is InChI=1S/C17H24N4/c1-2-17(11-6-7-12-17)16(20-18)15-10-13-19-21(15)14-8-4-3-5-9-14/h3-5,8-10,13,16,20H,2,6-7,11-12,18H2,1H3. The van der Waals surface area contributed by atoms with Crippen LogP contribution in [-0.4, -0.2) is 9.78 Å². The lowest BCUT2D eigenvalue weighted by Gasteiger charge is -2.36. The van der Waals surface area contributed by atoms with E-state index in [1.165, 1.54) is 25.7 Å². The number of hydrazine groups is 1. The second-order valence-corrected chi connectivity index (χ2v) is 6.03. The molecule has 1 saturated carbocycles. The quantitative estimate of drug-likeness (QED) is 0.654. The highest BCUT2D eigenvalue weighted by atomic mass is 15.3. The molecule has 1 aliphatic rings. The Morgan fingerprint density at radius 2 is 1.95 bits per heavy atom. The summed E-state index contributed by atoms with van der Waals surface area (Å²) in [7, 11) is 0. The summed E-state index contributed by atoms with van der Waals surface area (Å²) >= 11 is 0. The van der Waals surface area contributed by atoms with Crippen molar-refractivity contribution in [2.75, 3.05) is 0 Å². The Morgan fingerprint density at radius 3 is 2.57 bits per heavy atom. The molecule has 3 N–H and O–H groups in total. The second-order valence-electron chi connectivity index (χ2n) is 6.03. The van der Waals surface area contributed by atoms with Gasteiger partial charge in [0.15, 0.2) is 0 Å². The molecule has 0 radical (unpaired) electrons. The molecule has 112 valence electrons. The molecule has 4 nitrogen and oxygen atoms in total. The summed E-state index contributed by atoms with van der Waals surface area (Å²) in [6.07, 6.45) is 8.07. The van der Waals surface area contributed by atoms with Gasteiger partial charge >= 0.3 is 0 Å². The largest absolute Gasteiger partial charge is 0.271 e. The molecule has 1 aromatic carbocycles. The van der Waals surface area contributed by atoms with E-state index >= 15 is 0 Å². The molecule has 0 saturated heterocycles. The number of nitrogens with two attached hydrogens (primary N) is 1. The number of benzene rings is 1. The van der Waals surface area contributed by atoms with Gasteiger partial charge in [-0.25, -0.2) is 4.68 Å². The minimum atomic E-state index is 0.146. The summed E-state index contributed by atoms with van der Waals surface area (Å²) in [5.74, 6) is 5.96. The smallest absolute Gasteiger partial charge is 0.0689 e. The monoisotopic (exact) mass is 284 g/mol. The predicted molar refractivity (Wildman–Crippen MR) is 84.8 cm³/mol. The van der Waals surface area contributed by atoms with E-state index in [1.807, 2.05) is 29.1 Å². The normalized spacial score (nSPS) is 18.8. The molecule has 0 amide bonds. The van der Waals surface area contributed by atoms with E-state index in [0.29, 0.717) is 0 Å². The Balaban J connectivity index is 2.01. The fraction of sp³-hybridized carbons (Fsp3) is 0.471. The average molecular weight is 284 g/mol. The summed E-state index contributed by atoms with van der Waals surface area (Å²) in [5.41, 5.74) is 5.58. The first kappa shape index (κ1) is 14.3. The first-order chi connectivity index (χ1) is 10.3. The summed E-state index contributed by atoms with van der Waals surface area (Å²) in [5, 5.41) is 4.51. The second kappa shape index (κ2) is 6.00. The van der Waals surface area contributed by atoms with Crippen molar-refractivity contribution in [1.29, 1.82) is 0 Å². The molecular formula is C17H24N4. The summed E-state index contributed by atoms with van der Waals surface area (Å²) < 4.78 is 2.01. The van der Waals surface area contributed by atoms with Crippen molar-refractivity contribution in [3.05, 3.63) is 48.3 Å². The molecule has 1 atom stereocenters. The maximum absolute atomic E-state index is 5.96. The molecule has 2 aromatic rings. The van der Waals surface area contributed by atoms with Gasteiger partial charge in [0, 0.05) is 6.20 Å². The molecule has 0 aliphatic heterocycles. The maximum Gasteiger partial charge on any atom is 0.0689 e. The van der Waals surface area contributed by atoms with Crippen LogP contribution in [0.3, 0.4) is 0 Å². The van der Waals surface area contributed by atoms with Crippen LogP contribution in [0.25, 0.3) is 5.69 Å². The van der Waals surface area contributed by atoms with E-state index < -0.39 is 0 Å². The number of aromatic nitrogens is 2. The zero-order chi connectivity index (χ0) is 14.7. The van der Waals surface area contributed by atoms with E-state index in [0.717, 1.165) is 17.8 Å². The van der Waals surface area contributed by atoms with Crippen molar-refractivity contribution >= 4 is 0 Å². The van der Waals surface area contributed by atoms with Crippen LogP contribution >= 0.6 is 0 Å². The van der Waals surface area contributed by atoms with Crippen molar-refractivity contribution in [2.24, 2.45) is 11.3 Å². The van der Waals surface area contributed by atoms with Gasteiger partial charge in [-0.15, -0.1) is 0 Å². The Bertz CT molecular complexity index is 569. The molecule has 3 rings (SSSR count). The fourth-order valence-electron chi connectivity index (χ4n) is 3.82. The number of para-hydroxylation sites is 1. The van der Waals surface area contributed by atoms with E-state index in [-0.39, 0.29) is 11.5 Å². The molecule has 1 fully saturated rings. The molecule has 1 aliphatic carbocycles. The van der Waals surface area contributed by atoms with E-state index in [4.69, 9.17) is 5.84 Å². The highest BCUT2D eigenvalue weighted by molar-refractivity contribution is 5.33. The maximum atomic E-state index is 5.96. The molecule has 1 unspecified atom stereocenters. The Labute approximate surface area is 126 Å². The first-order valence-electron chi connectivity index (χ1n) is 7.86. The Kier molecular flexibility index (Phi) is 4.08. The third kappa shape index (κ3) is 2.49. The zero-order valence-corrected chi connectivity index (χ0v) is 12.6. The minimum Gasteiger partial charge on any atom is -0.271 e. The van der Waals surface area contributed by atoms with Crippen molar-refractivity contribution in [2.45, 2.75) is 45.1 Å². The van der Waals surface area contributed by atoms with Crippen LogP contribution in [0.15, 0.2) is 42.6 Å². The topological polar surface area (TPSA) is 55.9 Å². The van der Waals surface area contributed by atoms with Gasteiger partial charge in [0.2, 0.25) is 0 Å². The molecule has 21 heavy (non-hydrogen) atoms. The summed E-state index contributed by atoms with van der Waals surface area (Å²) in [4.78, 5) is 0. The van der Waals surface area contributed by atoms with Crippen molar-refractivity contribution in [3.63, 3.8) is 0 Å². The van der Waals surface area contributed by atoms with Gasteiger partial charge in [-0.2, -0.15) is 5.10 Å². The minimum absolute atomic E-state index is 0.146. The highest BCUT2D eigenvalue weighted by Gasteiger charge is 2.41. The SMILES string of the molecule is CCC1(C(NN)c2ccnn2-c2ccccc2)CCCC1. The molecule has 1 aromatic heterocycles. The van der Waals surface area contributed by atoms with Crippen LogP contribution < -0.4 is 11.3 Å². The first-order valence-corrected chi connectivity index (χ1v) is 7.86. The summed E-state index contributed by atoms with van der Waals surface area (Å²) in [6.45, 7) is 2.28. The van der Waals surface area contributed by atoms with Gasteiger partial charge < -0.3 is 0 Å². The van der Waals surface area contributed by atoms with Crippen LogP contribution in [0.2, 0.25) is 0 Å². The van der Waals surface area contributed by atoms with Gasteiger partial charge in [-0.3, -0.25) is 11.3 Å². The van der Waals surface area contributed by atoms with E-state index in [2.05, 4.69) is 35.6 Å². The lowest BCUT2D eigenvalue weighted by Crippen LogP contribution is -2.41. The molecule has 0 bridgehead atoms. The molecule has 0 spiro atoms. The van der Waals surface area contributed by atoms with Crippen LogP contribution in [-0.2, 0) is 0 Å². The van der Waals surface area contributed by atoms with E-state index in [1.54, 1.807) is 0 Å². The van der Waals surface area contributed by atoms with Gasteiger partial charge in [0.1, 0.15) is 0 Å². The average Bonchev–Trinajstić information content (AvgIpc) is 3.19. The van der Waals surface area contributed by atoms with Crippen LogP contribution in [0.5, 0.6) is 0 Å². The van der Waals surface area contributed by atoms with Crippen molar-refractivity contribution in [1.82, 2.24) is 15.2 Å². The molecule has 4 heteroatoms. The molecular weight excluding hydrogens is 260 g/mol. The van der Waals surface area contributed by atoms with Crippen LogP contribution in [0.1, 0.15) is 50.8 Å². The van der Waals surface area contributed by atoms with Gasteiger partial charge in [-0.05, 0) is 42.9 Å². The number of nitrogens with zero attached hydrogens (tertiary/aromatic N) is 2. The third-order valence-electron chi connectivity index (χ3n) is 5.05. The Morgan fingerprint density at radius 1 is 1.24 bits per heavy atom. The van der Waals surface area contributed by atoms with Crippen molar-refractivity contribution < 1.29 is 0 Å². The van der Waals surface area contributed by atoms with E-state index in [9.17, 15) is 0 Å².